The molecule has 1 saturated carbocycles. The molecular formula is C26H28Cl3N3O3. The normalized spacial score (nSPS) is 19.1. The van der Waals surface area contributed by atoms with Crippen molar-refractivity contribution < 1.29 is 14.4 Å². The molecule has 0 radical (unpaired) electrons. The third kappa shape index (κ3) is 6.11. The first-order chi connectivity index (χ1) is 16.8. The maximum atomic E-state index is 13.7. The Hall–Kier alpha value is -2.28. The maximum Gasteiger partial charge on any atom is 0.291 e. The lowest BCUT2D eigenvalue weighted by atomic mass is 9.97. The number of para-hydroxylation sites is 2. The van der Waals surface area contributed by atoms with Gasteiger partial charge in [0.2, 0.25) is 11.7 Å². The Labute approximate surface area is 220 Å². The highest BCUT2D eigenvalue weighted by molar-refractivity contribution is 6.45. The van der Waals surface area contributed by atoms with E-state index in [2.05, 4.69) is 10.6 Å². The van der Waals surface area contributed by atoms with E-state index in [0.717, 1.165) is 49.9 Å². The van der Waals surface area contributed by atoms with Crippen LogP contribution in [0.3, 0.4) is 0 Å². The van der Waals surface area contributed by atoms with E-state index in [0.29, 0.717) is 0 Å². The van der Waals surface area contributed by atoms with Crippen molar-refractivity contribution in [3.05, 3.63) is 51.5 Å². The van der Waals surface area contributed by atoms with Crippen LogP contribution in [0.1, 0.15) is 57.8 Å². The van der Waals surface area contributed by atoms with Crippen molar-refractivity contribution in [3.63, 3.8) is 0 Å². The fraction of sp³-hybridized carbons (Fsp3) is 0.423. The molecule has 1 fully saturated rings. The first kappa shape index (κ1) is 25.8. The predicted octanol–water partition coefficient (Wildman–Crippen LogP) is 6.87. The van der Waals surface area contributed by atoms with Crippen LogP contribution in [0.5, 0.6) is 0 Å². The summed E-state index contributed by atoms with van der Waals surface area (Å²) in [6, 6.07) is 9.66. The lowest BCUT2D eigenvalue weighted by molar-refractivity contribution is -0.135. The van der Waals surface area contributed by atoms with Crippen LogP contribution < -0.4 is 15.5 Å². The van der Waals surface area contributed by atoms with Gasteiger partial charge in [0, 0.05) is 12.5 Å². The molecule has 35 heavy (non-hydrogen) atoms. The molecule has 186 valence electrons. The third-order valence-corrected chi connectivity index (χ3v) is 7.65. The summed E-state index contributed by atoms with van der Waals surface area (Å²) in [5.74, 6) is -1.78. The van der Waals surface area contributed by atoms with Gasteiger partial charge in [0.05, 0.1) is 32.1 Å². The molecule has 0 saturated heterocycles. The summed E-state index contributed by atoms with van der Waals surface area (Å²) >= 11 is 18.1. The van der Waals surface area contributed by atoms with Crippen LogP contribution >= 0.6 is 34.8 Å². The fourth-order valence-corrected chi connectivity index (χ4v) is 5.41. The van der Waals surface area contributed by atoms with Gasteiger partial charge in [-0.3, -0.25) is 14.4 Å². The number of ketones is 1. The number of anilines is 3. The molecule has 2 aliphatic rings. The van der Waals surface area contributed by atoms with Crippen LogP contribution in [0.4, 0.5) is 17.1 Å². The molecular weight excluding hydrogens is 509 g/mol. The lowest BCUT2D eigenvalue weighted by Gasteiger charge is -2.40. The summed E-state index contributed by atoms with van der Waals surface area (Å²) in [6.45, 7) is 0. The van der Waals surface area contributed by atoms with E-state index in [4.69, 9.17) is 34.8 Å². The Morgan fingerprint density at radius 3 is 2.26 bits per heavy atom. The summed E-state index contributed by atoms with van der Waals surface area (Å²) in [4.78, 5) is 41.0. The van der Waals surface area contributed by atoms with E-state index in [-0.39, 0.29) is 39.1 Å². The minimum Gasteiger partial charge on any atom is -0.372 e. The second-order valence-corrected chi connectivity index (χ2v) is 10.3. The molecule has 1 heterocycles. The van der Waals surface area contributed by atoms with E-state index < -0.39 is 17.7 Å². The Kier molecular flexibility index (Phi) is 8.58. The summed E-state index contributed by atoms with van der Waals surface area (Å²) < 4.78 is 0. The quantitative estimate of drug-likeness (QED) is 0.323. The molecule has 6 nitrogen and oxygen atoms in total. The minimum atomic E-state index is -0.868. The summed E-state index contributed by atoms with van der Waals surface area (Å²) in [7, 11) is 0. The summed E-state index contributed by atoms with van der Waals surface area (Å²) in [6.07, 6.45) is 8.51. The third-order valence-electron chi connectivity index (χ3n) is 6.62. The SMILES string of the molecule is O=C(CC1Nc2ccccc2N(C2CCCCCCCC2)C1=O)C(=O)Nc1cc(Cl)c(Cl)cc1Cl. The number of hydrogen-bond donors (Lipinski definition) is 2. The highest BCUT2D eigenvalue weighted by Gasteiger charge is 2.38. The molecule has 1 aliphatic heterocycles. The zero-order valence-corrected chi connectivity index (χ0v) is 21.6. The zero-order chi connectivity index (χ0) is 24.9. The highest BCUT2D eigenvalue weighted by Crippen LogP contribution is 2.37. The van der Waals surface area contributed by atoms with Gasteiger partial charge in [-0.15, -0.1) is 0 Å². The molecule has 2 aromatic rings. The van der Waals surface area contributed by atoms with Gasteiger partial charge in [0.15, 0.2) is 0 Å². The van der Waals surface area contributed by atoms with E-state index in [1.165, 1.54) is 25.0 Å². The van der Waals surface area contributed by atoms with Gasteiger partial charge in [0.25, 0.3) is 5.91 Å². The molecule has 1 unspecified atom stereocenters. The number of Topliss-reactive ketones (excluding diaryl/α,β-unsaturated/α-hetero) is 1. The topological polar surface area (TPSA) is 78.5 Å². The second-order valence-electron chi connectivity index (χ2n) is 9.10. The van der Waals surface area contributed by atoms with Gasteiger partial charge in [0.1, 0.15) is 6.04 Å². The molecule has 2 N–H and O–H groups in total. The molecule has 9 heteroatoms. The largest absolute Gasteiger partial charge is 0.372 e. The Morgan fingerprint density at radius 2 is 1.54 bits per heavy atom. The minimum absolute atomic E-state index is 0.0743. The first-order valence-electron chi connectivity index (χ1n) is 12.0. The number of fused-ring (bicyclic) bond motifs is 1. The van der Waals surface area contributed by atoms with Gasteiger partial charge in [-0.25, -0.2) is 0 Å². The van der Waals surface area contributed by atoms with Crippen LogP contribution in [-0.4, -0.2) is 29.7 Å². The van der Waals surface area contributed by atoms with Gasteiger partial charge in [-0.2, -0.15) is 0 Å². The highest BCUT2D eigenvalue weighted by atomic mass is 35.5. The van der Waals surface area contributed by atoms with Crippen molar-refractivity contribution >= 4 is 69.5 Å². The number of hydrogen-bond acceptors (Lipinski definition) is 4. The maximum absolute atomic E-state index is 13.7. The average molecular weight is 537 g/mol. The Bertz CT molecular complexity index is 1110. The fourth-order valence-electron chi connectivity index (χ4n) is 4.81. The summed E-state index contributed by atoms with van der Waals surface area (Å²) in [5, 5.41) is 6.26. The van der Waals surface area contributed by atoms with E-state index >= 15 is 0 Å². The molecule has 0 aromatic heterocycles. The van der Waals surface area contributed by atoms with Crippen molar-refractivity contribution in [1.82, 2.24) is 0 Å². The number of rotatable bonds is 5. The van der Waals surface area contributed by atoms with Crippen molar-refractivity contribution in [2.24, 2.45) is 0 Å². The first-order valence-corrected chi connectivity index (χ1v) is 13.2. The number of amides is 2. The lowest BCUT2D eigenvalue weighted by Crippen LogP contribution is -2.53. The van der Waals surface area contributed by atoms with Gasteiger partial charge in [-0.05, 0) is 37.1 Å². The van der Waals surface area contributed by atoms with Crippen LogP contribution in [0, 0.1) is 0 Å². The van der Waals surface area contributed by atoms with Gasteiger partial charge >= 0.3 is 0 Å². The van der Waals surface area contributed by atoms with E-state index in [1.54, 1.807) is 0 Å². The van der Waals surface area contributed by atoms with Crippen LogP contribution in [0.15, 0.2) is 36.4 Å². The standard InChI is InChI=1S/C26H28Cl3N3O3/c27-17-13-19(29)21(14-18(17)28)31-25(34)24(33)15-22-26(35)32(23-12-8-7-11-20(23)30-22)16-9-5-3-1-2-4-6-10-16/h7-8,11-14,16,22,30H,1-6,9-10,15H2,(H,31,34). The number of halogens is 3. The number of benzene rings is 2. The zero-order valence-electron chi connectivity index (χ0n) is 19.3. The molecule has 2 aromatic carbocycles. The van der Waals surface area contributed by atoms with Crippen LogP contribution in [-0.2, 0) is 14.4 Å². The molecule has 0 bridgehead atoms. The van der Waals surface area contributed by atoms with Crippen molar-refractivity contribution in [1.29, 1.82) is 0 Å². The predicted molar refractivity (Wildman–Crippen MR) is 142 cm³/mol. The number of nitrogens with zero attached hydrogens (tertiary/aromatic N) is 1. The van der Waals surface area contributed by atoms with E-state index in [1.807, 2.05) is 29.2 Å². The van der Waals surface area contributed by atoms with Gasteiger partial charge < -0.3 is 15.5 Å². The second kappa shape index (κ2) is 11.6. The molecule has 2 amide bonds. The number of carbonyl (C=O) groups excluding carboxylic acids is 3. The molecule has 1 aliphatic carbocycles. The number of carbonyl (C=O) groups is 3. The molecule has 4 rings (SSSR count). The van der Waals surface area contributed by atoms with Crippen molar-refractivity contribution in [2.45, 2.75) is 69.9 Å². The van der Waals surface area contributed by atoms with Crippen molar-refractivity contribution in [3.8, 4) is 0 Å². The number of nitrogens with one attached hydrogen (secondary N) is 2. The van der Waals surface area contributed by atoms with Crippen LogP contribution in [0.25, 0.3) is 0 Å². The average Bonchev–Trinajstić information content (AvgIpc) is 2.97. The smallest absolute Gasteiger partial charge is 0.291 e. The summed E-state index contributed by atoms with van der Waals surface area (Å²) in [5.41, 5.74) is 1.80. The van der Waals surface area contributed by atoms with Gasteiger partial charge in [-0.1, -0.05) is 85.5 Å². The van der Waals surface area contributed by atoms with Crippen molar-refractivity contribution in [2.75, 3.05) is 15.5 Å². The Balaban J connectivity index is 1.51. The molecule has 0 spiro atoms. The molecule has 1 atom stereocenters. The van der Waals surface area contributed by atoms with Crippen LogP contribution in [0.2, 0.25) is 15.1 Å². The Morgan fingerprint density at radius 1 is 0.914 bits per heavy atom. The van der Waals surface area contributed by atoms with E-state index in [9.17, 15) is 14.4 Å². The monoisotopic (exact) mass is 535 g/mol.